The zero-order valence-corrected chi connectivity index (χ0v) is 27.3. The minimum atomic E-state index is -2.39. The van der Waals surface area contributed by atoms with E-state index in [0.29, 0.717) is 44.4 Å². The molecule has 1 aliphatic rings. The van der Waals surface area contributed by atoms with E-state index in [4.69, 9.17) is 9.47 Å². The number of rotatable bonds is 19. The monoisotopic (exact) mass is 678 g/mol. The Morgan fingerprint density at radius 1 is 0.532 bits per heavy atom. The SMILES string of the molecule is CCCCCCCCC[C@H]1CC[C@H](C(=O)Oc2c(F)c(F)c(-c3c(F)c(F)c(OCCCCCCCC)c(F)c3F)c(F)c2F)CC1. The number of carbonyl (C=O) groups excluding carboxylic acids is 1. The molecule has 264 valence electrons. The van der Waals surface area contributed by atoms with Crippen LogP contribution in [0.1, 0.15) is 129 Å². The zero-order chi connectivity index (χ0) is 34.5. The first-order valence-electron chi connectivity index (χ1n) is 17.1. The molecular formula is C36H46F8O3. The van der Waals surface area contributed by atoms with Crippen LogP contribution in [-0.2, 0) is 4.79 Å². The molecule has 1 saturated carbocycles. The Morgan fingerprint density at radius 2 is 0.936 bits per heavy atom. The lowest BCUT2D eigenvalue weighted by atomic mass is 9.79. The molecule has 1 fully saturated rings. The predicted octanol–water partition coefficient (Wildman–Crippen LogP) is 12.1. The van der Waals surface area contributed by atoms with Gasteiger partial charge in [0.15, 0.2) is 29.0 Å². The van der Waals surface area contributed by atoms with Crippen LogP contribution in [0.25, 0.3) is 11.1 Å². The van der Waals surface area contributed by atoms with Crippen LogP contribution in [0.4, 0.5) is 35.1 Å². The number of unbranched alkanes of at least 4 members (excludes halogenated alkanes) is 11. The first kappa shape index (κ1) is 38.6. The summed E-state index contributed by atoms with van der Waals surface area (Å²) < 4.78 is 129. The van der Waals surface area contributed by atoms with E-state index in [9.17, 15) is 31.1 Å². The number of hydrogen-bond acceptors (Lipinski definition) is 3. The summed E-state index contributed by atoms with van der Waals surface area (Å²) in [5.41, 5.74) is -4.03. The zero-order valence-electron chi connectivity index (χ0n) is 27.3. The maximum atomic E-state index is 15.1. The predicted molar refractivity (Wildman–Crippen MR) is 164 cm³/mol. The van der Waals surface area contributed by atoms with Gasteiger partial charge in [0.2, 0.25) is 29.0 Å². The molecule has 0 aromatic heterocycles. The number of ether oxygens (including phenoxy) is 2. The summed E-state index contributed by atoms with van der Waals surface area (Å²) in [7, 11) is 0. The number of halogens is 8. The van der Waals surface area contributed by atoms with Crippen molar-refractivity contribution >= 4 is 5.97 Å². The lowest BCUT2D eigenvalue weighted by Gasteiger charge is -2.27. The van der Waals surface area contributed by atoms with E-state index in [0.717, 1.165) is 44.9 Å². The summed E-state index contributed by atoms with van der Waals surface area (Å²) in [6, 6.07) is 0. The minimum Gasteiger partial charge on any atom is -0.487 e. The fourth-order valence-electron chi connectivity index (χ4n) is 6.20. The van der Waals surface area contributed by atoms with Gasteiger partial charge in [-0.05, 0) is 38.0 Å². The average Bonchev–Trinajstić information content (AvgIpc) is 3.07. The van der Waals surface area contributed by atoms with Crippen LogP contribution >= 0.6 is 0 Å². The van der Waals surface area contributed by atoms with Crippen LogP contribution in [0, 0.1) is 58.4 Å². The van der Waals surface area contributed by atoms with Gasteiger partial charge in [-0.3, -0.25) is 4.79 Å². The van der Waals surface area contributed by atoms with Gasteiger partial charge in [0.25, 0.3) is 0 Å². The summed E-state index contributed by atoms with van der Waals surface area (Å²) in [5.74, 6) is -22.9. The number of hydrogen-bond donors (Lipinski definition) is 0. The molecule has 0 saturated heterocycles. The maximum absolute atomic E-state index is 15.1. The summed E-state index contributed by atoms with van der Waals surface area (Å²) in [4.78, 5) is 12.7. The Morgan fingerprint density at radius 3 is 1.40 bits per heavy atom. The third-order valence-electron chi connectivity index (χ3n) is 9.04. The van der Waals surface area contributed by atoms with E-state index < -0.39 is 81.1 Å². The van der Waals surface area contributed by atoms with Crippen molar-refractivity contribution in [1.29, 1.82) is 0 Å². The van der Waals surface area contributed by atoms with Crippen molar-refractivity contribution in [2.45, 2.75) is 129 Å². The fraction of sp³-hybridized carbons (Fsp3) is 0.639. The van der Waals surface area contributed by atoms with Crippen molar-refractivity contribution in [2.75, 3.05) is 6.61 Å². The van der Waals surface area contributed by atoms with Gasteiger partial charge >= 0.3 is 5.97 Å². The number of esters is 1. The Kier molecular flexibility index (Phi) is 15.8. The lowest BCUT2D eigenvalue weighted by Crippen LogP contribution is -2.26. The molecule has 2 aromatic carbocycles. The average molecular weight is 679 g/mol. The molecule has 0 unspecified atom stereocenters. The molecule has 0 amide bonds. The van der Waals surface area contributed by atoms with Crippen molar-refractivity contribution in [2.24, 2.45) is 11.8 Å². The molecule has 2 aromatic rings. The second-order valence-corrected chi connectivity index (χ2v) is 12.6. The topological polar surface area (TPSA) is 35.5 Å². The Bertz CT molecular complexity index is 1270. The van der Waals surface area contributed by atoms with Crippen molar-refractivity contribution < 1.29 is 49.4 Å². The Balaban J connectivity index is 1.68. The van der Waals surface area contributed by atoms with Crippen LogP contribution in [0.2, 0.25) is 0 Å². The molecule has 47 heavy (non-hydrogen) atoms. The normalized spacial score (nSPS) is 16.5. The van der Waals surface area contributed by atoms with Crippen molar-refractivity contribution in [3.8, 4) is 22.6 Å². The standard InChI is InChI=1S/C36H46F8O3/c1-3-5-7-9-11-12-14-16-22-17-19-23(20-18-22)36(45)47-35-32(43)28(39)25(29(40)33(35)44)24-26(37)30(41)34(31(42)27(24)38)46-21-15-13-10-8-6-4-2/h22-23H,3-21H2,1-2H3/t22-,23-. The quantitative estimate of drug-likeness (QED) is 0.0488. The second-order valence-electron chi connectivity index (χ2n) is 12.6. The fourth-order valence-corrected chi connectivity index (χ4v) is 6.20. The van der Waals surface area contributed by atoms with E-state index in [2.05, 4.69) is 6.92 Å². The van der Waals surface area contributed by atoms with Gasteiger partial charge in [-0.25, -0.2) is 17.6 Å². The smallest absolute Gasteiger partial charge is 0.314 e. The molecule has 3 nitrogen and oxygen atoms in total. The van der Waals surface area contributed by atoms with Gasteiger partial charge in [-0.1, -0.05) is 97.3 Å². The highest BCUT2D eigenvalue weighted by Gasteiger charge is 2.37. The van der Waals surface area contributed by atoms with Gasteiger partial charge in [0.1, 0.15) is 0 Å². The lowest BCUT2D eigenvalue weighted by molar-refractivity contribution is -0.140. The van der Waals surface area contributed by atoms with E-state index in [1.807, 2.05) is 6.92 Å². The molecular weight excluding hydrogens is 632 g/mol. The summed E-state index contributed by atoms with van der Waals surface area (Å²) in [6.45, 7) is 3.89. The van der Waals surface area contributed by atoms with Crippen LogP contribution in [0.15, 0.2) is 0 Å². The molecule has 0 heterocycles. The summed E-state index contributed by atoms with van der Waals surface area (Å²) >= 11 is 0. The van der Waals surface area contributed by atoms with E-state index in [1.54, 1.807) is 0 Å². The van der Waals surface area contributed by atoms with Crippen LogP contribution in [-0.4, -0.2) is 12.6 Å². The van der Waals surface area contributed by atoms with E-state index in [1.165, 1.54) is 32.1 Å². The van der Waals surface area contributed by atoms with Crippen molar-refractivity contribution in [3.05, 3.63) is 46.5 Å². The largest absolute Gasteiger partial charge is 0.487 e. The molecule has 0 radical (unpaired) electrons. The van der Waals surface area contributed by atoms with Gasteiger partial charge < -0.3 is 9.47 Å². The molecule has 0 N–H and O–H groups in total. The van der Waals surface area contributed by atoms with Gasteiger partial charge in [-0.15, -0.1) is 0 Å². The van der Waals surface area contributed by atoms with Crippen molar-refractivity contribution in [1.82, 2.24) is 0 Å². The van der Waals surface area contributed by atoms with Gasteiger partial charge in [-0.2, -0.15) is 17.6 Å². The van der Waals surface area contributed by atoms with Crippen molar-refractivity contribution in [3.63, 3.8) is 0 Å². The third kappa shape index (κ3) is 10.1. The van der Waals surface area contributed by atoms with Gasteiger partial charge in [0.05, 0.1) is 23.7 Å². The number of benzene rings is 2. The molecule has 0 aliphatic heterocycles. The highest BCUT2D eigenvalue weighted by molar-refractivity contribution is 5.76. The van der Waals surface area contributed by atoms with Gasteiger partial charge in [0, 0.05) is 0 Å². The molecule has 1 aliphatic carbocycles. The van der Waals surface area contributed by atoms with Crippen LogP contribution in [0.5, 0.6) is 11.5 Å². The first-order valence-corrected chi connectivity index (χ1v) is 17.1. The molecule has 0 bridgehead atoms. The third-order valence-corrected chi connectivity index (χ3v) is 9.04. The minimum absolute atomic E-state index is 0.301. The molecule has 3 rings (SSSR count). The van der Waals surface area contributed by atoms with Crippen LogP contribution in [0.3, 0.4) is 0 Å². The highest BCUT2D eigenvalue weighted by Crippen LogP contribution is 2.42. The molecule has 0 atom stereocenters. The maximum Gasteiger partial charge on any atom is 0.314 e. The number of carbonyl (C=O) groups is 1. The summed E-state index contributed by atoms with van der Waals surface area (Å²) in [6.07, 6.45) is 16.0. The van der Waals surface area contributed by atoms with E-state index in [-0.39, 0.29) is 6.61 Å². The summed E-state index contributed by atoms with van der Waals surface area (Å²) in [5, 5.41) is 0. The van der Waals surface area contributed by atoms with E-state index >= 15 is 8.78 Å². The second kappa shape index (κ2) is 19.2. The Labute approximate surface area is 272 Å². The van der Waals surface area contributed by atoms with Crippen LogP contribution < -0.4 is 9.47 Å². The first-order chi connectivity index (χ1) is 22.5. The molecule has 0 spiro atoms. The Hall–Kier alpha value is -2.85. The highest BCUT2D eigenvalue weighted by atomic mass is 19.2. The molecule has 11 heteroatoms.